The van der Waals surface area contributed by atoms with Crippen LogP contribution in [-0.2, 0) is 4.52 Å². The summed E-state index contributed by atoms with van der Waals surface area (Å²) in [6.45, 7) is 0. The van der Waals surface area contributed by atoms with Crippen molar-refractivity contribution in [3.63, 3.8) is 0 Å². The maximum atomic E-state index is 12.2. The first-order chi connectivity index (χ1) is 12.8. The predicted octanol–water partition coefficient (Wildman–Crippen LogP) is 5.02. The normalized spacial score (nSPS) is 15.4. The lowest BCUT2D eigenvalue weighted by atomic mass is 10.1. The van der Waals surface area contributed by atoms with Gasteiger partial charge in [0.25, 0.3) is 0 Å². The van der Waals surface area contributed by atoms with Gasteiger partial charge in [0.15, 0.2) is 12.0 Å². The highest BCUT2D eigenvalue weighted by molar-refractivity contribution is 7.43. The van der Waals surface area contributed by atoms with Gasteiger partial charge in [-0.25, -0.2) is 4.79 Å². The van der Waals surface area contributed by atoms with Gasteiger partial charge in [-0.1, -0.05) is 54.6 Å². The van der Waals surface area contributed by atoms with Gasteiger partial charge in [-0.2, -0.15) is 0 Å². The number of fused-ring (bicyclic) bond motifs is 1. The second-order valence-corrected chi connectivity index (χ2v) is 6.48. The lowest BCUT2D eigenvalue weighted by molar-refractivity contribution is 0.0697. The number of carbonyl (C=O) groups is 2. The molecule has 0 bridgehead atoms. The van der Waals surface area contributed by atoms with Gasteiger partial charge in [0.2, 0.25) is 0 Å². The summed E-state index contributed by atoms with van der Waals surface area (Å²) in [5.74, 6) is 0.157. The largest absolute Gasteiger partial charge is 0.532 e. The predicted molar refractivity (Wildman–Crippen MR) is 97.3 cm³/mol. The molecule has 0 radical (unpaired) electrons. The lowest BCUT2D eigenvalue weighted by Gasteiger charge is -2.24. The third-order valence-corrected chi connectivity index (χ3v) is 4.85. The van der Waals surface area contributed by atoms with E-state index in [4.69, 9.17) is 13.6 Å². The van der Waals surface area contributed by atoms with Crippen molar-refractivity contribution in [1.29, 1.82) is 0 Å². The summed E-state index contributed by atoms with van der Waals surface area (Å²) in [5, 5.41) is 0. The van der Waals surface area contributed by atoms with Crippen LogP contribution in [0, 0.1) is 0 Å². The minimum Gasteiger partial charge on any atom is -0.408 e. The molecule has 26 heavy (non-hydrogen) atoms. The Morgan fingerprint density at radius 1 is 0.808 bits per heavy atom. The Bertz CT molecular complexity index is 971. The van der Waals surface area contributed by atoms with Gasteiger partial charge in [0.05, 0.1) is 5.56 Å². The van der Waals surface area contributed by atoms with E-state index in [9.17, 15) is 9.59 Å². The Kier molecular flexibility index (Phi) is 4.38. The average molecular weight is 364 g/mol. The molecule has 0 amide bonds. The summed E-state index contributed by atoms with van der Waals surface area (Å²) >= 11 is 0. The van der Waals surface area contributed by atoms with E-state index < -0.39 is 14.6 Å². The zero-order valence-corrected chi connectivity index (χ0v) is 14.4. The molecule has 0 spiro atoms. The van der Waals surface area contributed by atoms with E-state index in [-0.39, 0.29) is 16.9 Å². The Balaban J connectivity index is 1.65. The summed E-state index contributed by atoms with van der Waals surface area (Å²) in [6, 6.07) is 21.9. The first kappa shape index (κ1) is 16.3. The van der Waals surface area contributed by atoms with Crippen LogP contribution in [0.3, 0.4) is 0 Å². The zero-order valence-electron chi connectivity index (χ0n) is 13.5. The Labute approximate surface area is 151 Å². The molecule has 128 valence electrons. The summed E-state index contributed by atoms with van der Waals surface area (Å²) in [5.41, 5.74) is 2.32. The third kappa shape index (κ3) is 3.05. The Morgan fingerprint density at radius 2 is 1.54 bits per heavy atom. The minimum atomic E-state index is -2.01. The molecule has 0 fully saturated rings. The molecule has 1 aliphatic rings. The fourth-order valence-corrected chi connectivity index (χ4v) is 3.66. The van der Waals surface area contributed by atoms with Crippen LogP contribution in [0.15, 0.2) is 72.8 Å². The molecule has 0 aliphatic carbocycles. The van der Waals surface area contributed by atoms with Crippen LogP contribution >= 0.6 is 8.60 Å². The molecule has 6 heteroatoms. The molecule has 1 unspecified atom stereocenters. The summed E-state index contributed by atoms with van der Waals surface area (Å²) in [6.07, 6.45) is 0.642. The number of rotatable bonds is 4. The van der Waals surface area contributed by atoms with Crippen LogP contribution in [0.25, 0.3) is 11.1 Å². The summed E-state index contributed by atoms with van der Waals surface area (Å²) < 4.78 is 16.8. The quantitative estimate of drug-likeness (QED) is 0.480. The molecule has 1 aliphatic heterocycles. The van der Waals surface area contributed by atoms with Crippen LogP contribution in [0.2, 0.25) is 0 Å². The highest BCUT2D eigenvalue weighted by Crippen LogP contribution is 2.49. The van der Waals surface area contributed by atoms with Crippen LogP contribution < -0.4 is 9.05 Å². The Hall–Kier alpha value is -3.17. The SMILES string of the molecule is O=Cc1cccc2c1OP(Oc1ccccc1-c1ccccc1)OC2=O. The molecule has 1 atom stereocenters. The maximum absolute atomic E-state index is 12.2. The van der Waals surface area contributed by atoms with Gasteiger partial charge < -0.3 is 13.6 Å². The van der Waals surface area contributed by atoms with Crippen LogP contribution in [0.4, 0.5) is 0 Å². The first-order valence-corrected chi connectivity index (χ1v) is 8.97. The number of hydrogen-bond acceptors (Lipinski definition) is 5. The van der Waals surface area contributed by atoms with Crippen molar-refractivity contribution in [2.45, 2.75) is 0 Å². The van der Waals surface area contributed by atoms with Crippen molar-refractivity contribution in [3.8, 4) is 22.6 Å². The second kappa shape index (κ2) is 6.98. The topological polar surface area (TPSA) is 61.8 Å². The van der Waals surface area contributed by atoms with E-state index in [1.165, 1.54) is 0 Å². The van der Waals surface area contributed by atoms with Gasteiger partial charge in [0.1, 0.15) is 11.3 Å². The zero-order chi connectivity index (χ0) is 17.9. The van der Waals surface area contributed by atoms with Gasteiger partial charge in [-0.15, -0.1) is 0 Å². The van der Waals surface area contributed by atoms with Crippen LogP contribution in [0.5, 0.6) is 11.5 Å². The number of benzene rings is 3. The van der Waals surface area contributed by atoms with Crippen LogP contribution in [-0.4, -0.2) is 12.3 Å². The first-order valence-electron chi connectivity index (χ1n) is 7.87. The van der Waals surface area contributed by atoms with Crippen molar-refractivity contribution in [1.82, 2.24) is 0 Å². The molecule has 0 saturated carbocycles. The van der Waals surface area contributed by atoms with Crippen molar-refractivity contribution >= 4 is 20.9 Å². The number of carbonyl (C=O) groups excluding carboxylic acids is 2. The standard InChI is InChI=1S/C20H13O5P/c21-13-15-9-6-11-17-19(15)24-26(25-20(17)22)23-18-12-5-4-10-16(18)14-7-2-1-3-8-14/h1-13H. The Morgan fingerprint density at radius 3 is 2.35 bits per heavy atom. The minimum absolute atomic E-state index is 0.196. The van der Waals surface area contributed by atoms with Gasteiger partial charge in [-0.3, -0.25) is 4.79 Å². The molecular formula is C20H13O5P. The number of para-hydroxylation sites is 2. The lowest BCUT2D eigenvalue weighted by Crippen LogP contribution is -2.16. The van der Waals surface area contributed by atoms with Gasteiger partial charge >= 0.3 is 14.6 Å². The molecule has 0 saturated heterocycles. The fraction of sp³-hybridized carbons (Fsp3) is 0. The molecule has 1 heterocycles. The van der Waals surface area contributed by atoms with Crippen molar-refractivity contribution in [3.05, 3.63) is 83.9 Å². The second-order valence-electron chi connectivity index (χ2n) is 5.49. The van der Waals surface area contributed by atoms with Crippen molar-refractivity contribution < 1.29 is 23.2 Å². The van der Waals surface area contributed by atoms with E-state index in [1.807, 2.05) is 48.5 Å². The number of hydrogen-bond donors (Lipinski definition) is 0. The van der Waals surface area contributed by atoms with Gasteiger partial charge in [-0.05, 0) is 23.8 Å². The van der Waals surface area contributed by atoms with E-state index >= 15 is 0 Å². The van der Waals surface area contributed by atoms with Crippen LogP contribution in [0.1, 0.15) is 20.7 Å². The van der Waals surface area contributed by atoms with Gasteiger partial charge in [0, 0.05) is 5.56 Å². The molecule has 5 nitrogen and oxygen atoms in total. The summed E-state index contributed by atoms with van der Waals surface area (Å²) in [4.78, 5) is 23.5. The highest BCUT2D eigenvalue weighted by Gasteiger charge is 2.34. The maximum Gasteiger partial charge on any atom is 0.532 e. The molecule has 3 aromatic carbocycles. The molecule has 3 aromatic rings. The average Bonchev–Trinajstić information content (AvgIpc) is 2.69. The smallest absolute Gasteiger partial charge is 0.408 e. The van der Waals surface area contributed by atoms with E-state index in [0.29, 0.717) is 12.0 Å². The summed E-state index contributed by atoms with van der Waals surface area (Å²) in [7, 11) is -2.01. The highest BCUT2D eigenvalue weighted by atomic mass is 31.2. The molecule has 0 aromatic heterocycles. The number of aldehydes is 1. The van der Waals surface area contributed by atoms with Crippen molar-refractivity contribution in [2.24, 2.45) is 0 Å². The van der Waals surface area contributed by atoms with E-state index in [2.05, 4.69) is 0 Å². The monoisotopic (exact) mass is 364 g/mol. The fourth-order valence-electron chi connectivity index (χ4n) is 2.64. The molecule has 0 N–H and O–H groups in total. The van der Waals surface area contributed by atoms with E-state index in [0.717, 1.165) is 11.1 Å². The molecule has 4 rings (SSSR count). The van der Waals surface area contributed by atoms with E-state index in [1.54, 1.807) is 24.3 Å². The molecular weight excluding hydrogens is 351 g/mol. The van der Waals surface area contributed by atoms with Crippen molar-refractivity contribution in [2.75, 3.05) is 0 Å². The third-order valence-electron chi connectivity index (χ3n) is 3.86.